The van der Waals surface area contributed by atoms with E-state index in [1.54, 1.807) is 0 Å². The molecule has 0 radical (unpaired) electrons. The number of hydrogen-bond acceptors (Lipinski definition) is 2. The third-order valence-corrected chi connectivity index (χ3v) is 2.04. The standard InChI is InChI=1S/C11H11F3O2/c1-8(15)9-4-3-6-10(2,7-5-9)16-11(12,13)14/h3-7H,1-2H3. The zero-order valence-corrected chi connectivity index (χ0v) is 8.84. The topological polar surface area (TPSA) is 26.3 Å². The van der Waals surface area contributed by atoms with Crippen LogP contribution in [0.2, 0.25) is 0 Å². The molecule has 0 bridgehead atoms. The van der Waals surface area contributed by atoms with Crippen molar-refractivity contribution in [2.45, 2.75) is 25.8 Å². The van der Waals surface area contributed by atoms with Crippen LogP contribution in [-0.4, -0.2) is 17.7 Å². The molecule has 0 aromatic carbocycles. The Hall–Kier alpha value is -1.36. The van der Waals surface area contributed by atoms with E-state index in [4.69, 9.17) is 0 Å². The van der Waals surface area contributed by atoms with Gasteiger partial charge in [-0.3, -0.25) is 9.53 Å². The normalized spacial score (nSPS) is 25.2. The SMILES string of the molecule is CC(=O)C1=CC=CC(C)(OC(F)(F)F)C=C1. The lowest BCUT2D eigenvalue weighted by molar-refractivity contribution is -0.347. The molecule has 0 aliphatic heterocycles. The number of Topliss-reactive ketones (excluding diaryl/α,β-unsaturated/α-hetero) is 1. The van der Waals surface area contributed by atoms with Crippen LogP contribution in [0.4, 0.5) is 13.2 Å². The van der Waals surface area contributed by atoms with Gasteiger partial charge in [-0.1, -0.05) is 18.2 Å². The Morgan fingerprint density at radius 1 is 1.38 bits per heavy atom. The molecule has 16 heavy (non-hydrogen) atoms. The molecule has 1 atom stereocenters. The van der Waals surface area contributed by atoms with Gasteiger partial charge in [-0.2, -0.15) is 0 Å². The third-order valence-electron chi connectivity index (χ3n) is 2.04. The van der Waals surface area contributed by atoms with E-state index in [0.717, 1.165) is 0 Å². The van der Waals surface area contributed by atoms with Gasteiger partial charge in [0.05, 0.1) is 0 Å². The number of carbonyl (C=O) groups is 1. The predicted octanol–water partition coefficient (Wildman–Crippen LogP) is 2.92. The number of ether oxygens (including phenoxy) is 1. The molecule has 0 saturated heterocycles. The molecule has 0 aromatic rings. The molecule has 0 spiro atoms. The molecule has 0 fully saturated rings. The highest BCUT2D eigenvalue weighted by Gasteiger charge is 2.38. The summed E-state index contributed by atoms with van der Waals surface area (Å²) in [5.41, 5.74) is -1.24. The highest BCUT2D eigenvalue weighted by molar-refractivity contribution is 5.96. The molecular formula is C11H11F3O2. The lowest BCUT2D eigenvalue weighted by Crippen LogP contribution is -2.31. The summed E-state index contributed by atoms with van der Waals surface area (Å²) in [4.78, 5) is 11.0. The fourth-order valence-electron chi connectivity index (χ4n) is 1.26. The molecule has 0 N–H and O–H groups in total. The zero-order valence-electron chi connectivity index (χ0n) is 8.84. The zero-order chi connectivity index (χ0) is 12.4. The van der Waals surface area contributed by atoms with Crippen LogP contribution in [0.3, 0.4) is 0 Å². The Labute approximate surface area is 91.1 Å². The van der Waals surface area contributed by atoms with E-state index in [9.17, 15) is 18.0 Å². The largest absolute Gasteiger partial charge is 0.523 e. The molecule has 1 rings (SSSR count). The van der Waals surface area contributed by atoms with Crippen molar-refractivity contribution in [3.05, 3.63) is 36.0 Å². The van der Waals surface area contributed by atoms with Crippen molar-refractivity contribution in [1.29, 1.82) is 0 Å². The molecule has 1 unspecified atom stereocenters. The summed E-state index contributed by atoms with van der Waals surface area (Å²) in [5, 5.41) is 0. The van der Waals surface area contributed by atoms with Crippen molar-refractivity contribution in [3.63, 3.8) is 0 Å². The molecule has 1 aliphatic carbocycles. The summed E-state index contributed by atoms with van der Waals surface area (Å²) in [5.74, 6) is -0.211. The van der Waals surface area contributed by atoms with Crippen LogP contribution >= 0.6 is 0 Å². The van der Waals surface area contributed by atoms with E-state index in [2.05, 4.69) is 4.74 Å². The van der Waals surface area contributed by atoms with Gasteiger partial charge < -0.3 is 0 Å². The van der Waals surface area contributed by atoms with Gasteiger partial charge in [0.1, 0.15) is 5.60 Å². The predicted molar refractivity (Wildman–Crippen MR) is 52.6 cm³/mol. The average molecular weight is 232 g/mol. The maximum absolute atomic E-state index is 12.1. The Morgan fingerprint density at radius 3 is 2.50 bits per heavy atom. The minimum atomic E-state index is -4.72. The van der Waals surface area contributed by atoms with Crippen molar-refractivity contribution in [2.24, 2.45) is 0 Å². The summed E-state index contributed by atoms with van der Waals surface area (Å²) in [6.45, 7) is 2.61. The van der Waals surface area contributed by atoms with Gasteiger partial charge in [-0.25, -0.2) is 0 Å². The van der Waals surface area contributed by atoms with E-state index in [1.807, 2.05) is 0 Å². The van der Waals surface area contributed by atoms with Gasteiger partial charge in [0, 0.05) is 5.57 Å². The number of carbonyl (C=O) groups excluding carboxylic acids is 1. The summed E-state index contributed by atoms with van der Waals surface area (Å²) in [7, 11) is 0. The maximum atomic E-state index is 12.1. The quantitative estimate of drug-likeness (QED) is 0.731. The highest BCUT2D eigenvalue weighted by Crippen LogP contribution is 2.28. The minimum Gasteiger partial charge on any atom is -0.295 e. The Kier molecular flexibility index (Phi) is 3.38. The monoisotopic (exact) mass is 232 g/mol. The summed E-state index contributed by atoms with van der Waals surface area (Å²) in [6, 6.07) is 0. The lowest BCUT2D eigenvalue weighted by atomic mass is 10.1. The lowest BCUT2D eigenvalue weighted by Gasteiger charge is -2.23. The summed E-state index contributed by atoms with van der Waals surface area (Å²) < 4.78 is 40.3. The van der Waals surface area contributed by atoms with Crippen LogP contribution in [0.25, 0.3) is 0 Å². The van der Waals surface area contributed by atoms with E-state index in [0.29, 0.717) is 5.57 Å². The highest BCUT2D eigenvalue weighted by atomic mass is 19.4. The second-order valence-corrected chi connectivity index (χ2v) is 3.60. The van der Waals surface area contributed by atoms with Crippen LogP contribution in [0.1, 0.15) is 13.8 Å². The number of alkyl halides is 3. The first-order valence-corrected chi connectivity index (χ1v) is 4.58. The fourth-order valence-corrected chi connectivity index (χ4v) is 1.26. The first kappa shape index (κ1) is 12.7. The van der Waals surface area contributed by atoms with Crippen molar-refractivity contribution < 1.29 is 22.7 Å². The summed E-state index contributed by atoms with van der Waals surface area (Å²) in [6.07, 6.45) is 1.88. The van der Waals surface area contributed by atoms with Crippen LogP contribution < -0.4 is 0 Å². The number of allylic oxidation sites excluding steroid dienone is 4. The Bertz CT molecular complexity index is 377. The summed E-state index contributed by atoms with van der Waals surface area (Å²) >= 11 is 0. The van der Waals surface area contributed by atoms with E-state index in [-0.39, 0.29) is 5.78 Å². The van der Waals surface area contributed by atoms with E-state index in [1.165, 1.54) is 44.2 Å². The first-order valence-electron chi connectivity index (χ1n) is 4.58. The number of rotatable bonds is 2. The van der Waals surface area contributed by atoms with E-state index >= 15 is 0 Å². The number of ketones is 1. The average Bonchev–Trinajstić information content (AvgIpc) is 2.23. The van der Waals surface area contributed by atoms with Crippen LogP contribution in [0.15, 0.2) is 36.0 Å². The maximum Gasteiger partial charge on any atom is 0.523 e. The van der Waals surface area contributed by atoms with Gasteiger partial charge in [-0.15, -0.1) is 13.2 Å². The number of halogens is 3. The fraction of sp³-hybridized carbons (Fsp3) is 0.364. The van der Waals surface area contributed by atoms with Crippen molar-refractivity contribution in [1.82, 2.24) is 0 Å². The molecule has 0 aromatic heterocycles. The second kappa shape index (κ2) is 4.25. The molecule has 0 amide bonds. The molecule has 5 heteroatoms. The molecular weight excluding hydrogens is 221 g/mol. The molecule has 0 heterocycles. The van der Waals surface area contributed by atoms with Gasteiger partial charge in [-0.05, 0) is 26.0 Å². The van der Waals surface area contributed by atoms with Crippen LogP contribution in [0, 0.1) is 0 Å². The van der Waals surface area contributed by atoms with Gasteiger partial charge in [0.15, 0.2) is 5.78 Å². The van der Waals surface area contributed by atoms with Crippen molar-refractivity contribution in [3.8, 4) is 0 Å². The van der Waals surface area contributed by atoms with Gasteiger partial charge in [0.25, 0.3) is 0 Å². The number of hydrogen-bond donors (Lipinski definition) is 0. The minimum absolute atomic E-state index is 0.211. The molecule has 88 valence electrons. The second-order valence-electron chi connectivity index (χ2n) is 3.60. The third kappa shape index (κ3) is 3.66. The van der Waals surface area contributed by atoms with Crippen LogP contribution in [0.5, 0.6) is 0 Å². The van der Waals surface area contributed by atoms with Crippen molar-refractivity contribution >= 4 is 5.78 Å². The Morgan fingerprint density at radius 2 is 2.00 bits per heavy atom. The van der Waals surface area contributed by atoms with Gasteiger partial charge >= 0.3 is 6.36 Å². The first-order chi connectivity index (χ1) is 7.22. The molecule has 0 saturated carbocycles. The van der Waals surface area contributed by atoms with Crippen molar-refractivity contribution in [2.75, 3.05) is 0 Å². The van der Waals surface area contributed by atoms with E-state index < -0.39 is 12.0 Å². The van der Waals surface area contributed by atoms with Crippen LogP contribution in [-0.2, 0) is 9.53 Å². The van der Waals surface area contributed by atoms with Gasteiger partial charge in [0.2, 0.25) is 0 Å². The molecule has 1 aliphatic rings. The molecule has 2 nitrogen and oxygen atoms in total. The Balaban J connectivity index is 2.90. The smallest absolute Gasteiger partial charge is 0.295 e.